The first-order chi connectivity index (χ1) is 46.9. The Bertz CT molecular complexity index is 1870. The van der Waals surface area contributed by atoms with Crippen LogP contribution in [-0.2, 0) is 65.4 Å². The highest BCUT2D eigenvalue weighted by molar-refractivity contribution is 7.47. The van der Waals surface area contributed by atoms with Crippen LogP contribution in [0.2, 0.25) is 0 Å². The molecule has 0 amide bonds. The quantitative estimate of drug-likeness (QED) is 0.0222. The van der Waals surface area contributed by atoms with Gasteiger partial charge in [-0.2, -0.15) is 0 Å². The van der Waals surface area contributed by atoms with Gasteiger partial charge in [0, 0.05) is 25.7 Å². The lowest BCUT2D eigenvalue weighted by molar-refractivity contribution is -0.161. The van der Waals surface area contributed by atoms with Gasteiger partial charge in [-0.15, -0.1) is 0 Å². The topological polar surface area (TPSA) is 237 Å². The number of phosphoric acid groups is 2. The van der Waals surface area contributed by atoms with E-state index in [0.29, 0.717) is 25.7 Å². The van der Waals surface area contributed by atoms with Gasteiger partial charge in [0.05, 0.1) is 26.4 Å². The lowest BCUT2D eigenvalue weighted by Gasteiger charge is -2.21. The fourth-order valence-electron chi connectivity index (χ4n) is 12.0. The Morgan fingerprint density at radius 1 is 0.278 bits per heavy atom. The smallest absolute Gasteiger partial charge is 0.462 e. The number of hydrogen-bond donors (Lipinski definition) is 3. The van der Waals surface area contributed by atoms with Crippen LogP contribution in [0.4, 0.5) is 0 Å². The Kier molecular flexibility index (Phi) is 68.4. The highest BCUT2D eigenvalue weighted by atomic mass is 31.2. The zero-order chi connectivity index (χ0) is 71.4. The number of esters is 4. The Balaban J connectivity index is 5.25. The Morgan fingerprint density at radius 2 is 0.474 bits per heavy atom. The second-order valence-electron chi connectivity index (χ2n) is 29.1. The first-order valence-electron chi connectivity index (χ1n) is 40.5. The molecule has 97 heavy (non-hydrogen) atoms. The summed E-state index contributed by atoms with van der Waals surface area (Å²) in [5, 5.41) is 10.6. The molecule has 0 aliphatic rings. The normalized spacial score (nSPS) is 14.0. The van der Waals surface area contributed by atoms with E-state index in [1.54, 1.807) is 0 Å². The van der Waals surface area contributed by atoms with Crippen molar-refractivity contribution in [1.82, 2.24) is 0 Å². The van der Waals surface area contributed by atoms with Gasteiger partial charge in [-0.1, -0.05) is 356 Å². The summed E-state index contributed by atoms with van der Waals surface area (Å²) >= 11 is 0. The maximum Gasteiger partial charge on any atom is 0.472 e. The molecule has 19 heteroatoms. The number of aliphatic hydroxyl groups excluding tert-OH is 1. The van der Waals surface area contributed by atoms with Crippen LogP contribution in [0.3, 0.4) is 0 Å². The van der Waals surface area contributed by atoms with Crippen molar-refractivity contribution in [1.29, 1.82) is 0 Å². The molecule has 0 aromatic heterocycles. The third-order valence-corrected chi connectivity index (χ3v) is 20.1. The predicted octanol–water partition coefficient (Wildman–Crippen LogP) is 23.1. The zero-order valence-electron chi connectivity index (χ0n) is 63.4. The van der Waals surface area contributed by atoms with Crippen molar-refractivity contribution in [2.45, 2.75) is 426 Å². The van der Waals surface area contributed by atoms with E-state index >= 15 is 0 Å². The average Bonchev–Trinajstić information content (AvgIpc) is 1.01. The van der Waals surface area contributed by atoms with Gasteiger partial charge in [0.15, 0.2) is 12.2 Å². The molecule has 17 nitrogen and oxygen atoms in total. The maximum absolute atomic E-state index is 13.1. The van der Waals surface area contributed by atoms with Crippen LogP contribution in [0.25, 0.3) is 0 Å². The number of aliphatic hydroxyl groups is 1. The molecule has 0 rings (SSSR count). The fraction of sp³-hybridized carbons (Fsp3) is 0.949. The van der Waals surface area contributed by atoms with E-state index in [1.165, 1.54) is 225 Å². The SMILES string of the molecule is CCCCCCCCCCCCCCCC(=O)O[C@H](COC(=O)CCCCCCCCCCCCC)COP(=O)(O)OC[C@H](O)COP(=O)(O)OC[C@@H](COC(=O)CCCCCCCCCCCCCCC(C)C)OC(=O)CCCCCCCCCCCCCCCCCC(C)C. The number of unbranched alkanes of at least 4 members (excludes halogenated alkanes) is 47. The largest absolute Gasteiger partial charge is 0.472 e. The van der Waals surface area contributed by atoms with E-state index in [9.17, 15) is 43.2 Å². The van der Waals surface area contributed by atoms with Crippen LogP contribution in [0.15, 0.2) is 0 Å². The van der Waals surface area contributed by atoms with Crippen LogP contribution < -0.4 is 0 Å². The standard InChI is InChI=1S/C78H152O17P2/c1-7-9-11-13-15-17-19-23-32-38-44-50-56-62-77(82)94-73(66-88-75(80)60-54-48-42-36-28-18-16-14-12-10-8-2)68-92-96(84,85)90-64-72(79)65-91-97(86,87)93-69-74(67-89-76(81)61-55-49-43-37-31-27-26-30-35-41-47-53-59-71(5)6)95-78(83)63-57-51-45-39-33-25-22-20-21-24-29-34-40-46-52-58-70(3)4/h70-74,79H,7-69H2,1-6H3,(H,84,85)(H,86,87)/t72-,73+,74+/m0/s1. The molecule has 0 heterocycles. The number of hydrogen-bond acceptors (Lipinski definition) is 15. The van der Waals surface area contributed by atoms with E-state index in [0.717, 1.165) is 102 Å². The van der Waals surface area contributed by atoms with Crippen molar-refractivity contribution >= 4 is 39.5 Å². The Labute approximate surface area is 594 Å². The summed E-state index contributed by atoms with van der Waals surface area (Å²) in [5.74, 6) is -0.526. The molecule has 0 aliphatic heterocycles. The minimum atomic E-state index is -4.96. The van der Waals surface area contributed by atoms with Crippen LogP contribution in [-0.4, -0.2) is 96.7 Å². The summed E-state index contributed by atoms with van der Waals surface area (Å²) in [5.41, 5.74) is 0. The summed E-state index contributed by atoms with van der Waals surface area (Å²) in [6, 6.07) is 0. The number of carbonyl (C=O) groups is 4. The molecular formula is C78H152O17P2. The molecule has 0 aromatic rings. The summed E-state index contributed by atoms with van der Waals surface area (Å²) in [6.07, 6.45) is 58.1. The van der Waals surface area contributed by atoms with E-state index in [2.05, 4.69) is 41.5 Å². The third kappa shape index (κ3) is 72.2. The van der Waals surface area contributed by atoms with Crippen molar-refractivity contribution in [2.24, 2.45) is 11.8 Å². The zero-order valence-corrected chi connectivity index (χ0v) is 65.2. The van der Waals surface area contributed by atoms with E-state index in [1.807, 2.05) is 0 Å². The summed E-state index contributed by atoms with van der Waals surface area (Å²) < 4.78 is 68.6. The van der Waals surface area contributed by atoms with E-state index in [4.69, 9.17) is 37.0 Å². The number of carbonyl (C=O) groups excluding carboxylic acids is 4. The van der Waals surface area contributed by atoms with Gasteiger partial charge in [-0.3, -0.25) is 37.3 Å². The molecule has 576 valence electrons. The third-order valence-electron chi connectivity index (χ3n) is 18.2. The maximum atomic E-state index is 13.1. The highest BCUT2D eigenvalue weighted by Crippen LogP contribution is 2.45. The minimum Gasteiger partial charge on any atom is -0.462 e. The van der Waals surface area contributed by atoms with Crippen LogP contribution >= 0.6 is 15.6 Å². The highest BCUT2D eigenvalue weighted by Gasteiger charge is 2.30. The molecular weight excluding hydrogens is 1270 g/mol. The predicted molar refractivity (Wildman–Crippen MR) is 395 cm³/mol. The molecule has 0 saturated heterocycles. The van der Waals surface area contributed by atoms with Crippen molar-refractivity contribution in [3.8, 4) is 0 Å². The van der Waals surface area contributed by atoms with Crippen molar-refractivity contribution in [3.63, 3.8) is 0 Å². The summed E-state index contributed by atoms with van der Waals surface area (Å²) in [7, 11) is -9.91. The lowest BCUT2D eigenvalue weighted by Crippen LogP contribution is -2.30. The Morgan fingerprint density at radius 3 is 0.701 bits per heavy atom. The van der Waals surface area contributed by atoms with Gasteiger partial charge in [-0.25, -0.2) is 9.13 Å². The van der Waals surface area contributed by atoms with Gasteiger partial charge < -0.3 is 33.8 Å². The minimum absolute atomic E-state index is 0.108. The van der Waals surface area contributed by atoms with Crippen molar-refractivity contribution < 1.29 is 80.2 Å². The van der Waals surface area contributed by atoms with Crippen LogP contribution in [0, 0.1) is 11.8 Å². The van der Waals surface area contributed by atoms with Gasteiger partial charge in [0.25, 0.3) is 0 Å². The molecule has 0 fully saturated rings. The molecule has 0 spiro atoms. The fourth-order valence-corrected chi connectivity index (χ4v) is 13.6. The van der Waals surface area contributed by atoms with Crippen molar-refractivity contribution in [3.05, 3.63) is 0 Å². The molecule has 0 aliphatic carbocycles. The molecule has 0 bridgehead atoms. The van der Waals surface area contributed by atoms with Gasteiger partial charge in [0.2, 0.25) is 0 Å². The van der Waals surface area contributed by atoms with Gasteiger partial charge in [-0.05, 0) is 37.5 Å². The summed E-state index contributed by atoms with van der Waals surface area (Å²) in [6.45, 7) is 9.65. The van der Waals surface area contributed by atoms with Crippen LogP contribution in [0.1, 0.15) is 408 Å². The van der Waals surface area contributed by atoms with Crippen LogP contribution in [0.5, 0.6) is 0 Å². The molecule has 3 N–H and O–H groups in total. The first-order valence-corrected chi connectivity index (χ1v) is 43.5. The number of rotatable bonds is 77. The Hall–Kier alpha value is -1.94. The van der Waals surface area contributed by atoms with Gasteiger partial charge >= 0.3 is 39.5 Å². The van der Waals surface area contributed by atoms with E-state index < -0.39 is 97.5 Å². The van der Waals surface area contributed by atoms with Gasteiger partial charge in [0.1, 0.15) is 19.3 Å². The van der Waals surface area contributed by atoms with E-state index in [-0.39, 0.29) is 25.7 Å². The number of ether oxygens (including phenoxy) is 4. The second kappa shape index (κ2) is 69.8. The van der Waals surface area contributed by atoms with Crippen molar-refractivity contribution in [2.75, 3.05) is 39.6 Å². The first kappa shape index (κ1) is 95.1. The molecule has 0 saturated carbocycles. The molecule has 0 radical (unpaired) electrons. The number of phosphoric ester groups is 2. The molecule has 0 aromatic carbocycles. The average molecular weight is 1420 g/mol. The molecule has 5 atom stereocenters. The second-order valence-corrected chi connectivity index (χ2v) is 32.0. The monoisotopic (exact) mass is 1420 g/mol. The summed E-state index contributed by atoms with van der Waals surface area (Å²) in [4.78, 5) is 72.9. The lowest BCUT2D eigenvalue weighted by atomic mass is 10.0. The molecule has 2 unspecified atom stereocenters.